The SMILES string of the molecule is Fc1cc(F)cc(CCNC2Cc3ccc(Cl)cc3C2)c1. The highest BCUT2D eigenvalue weighted by molar-refractivity contribution is 6.30. The molecule has 110 valence electrons. The Morgan fingerprint density at radius 1 is 1.00 bits per heavy atom. The molecule has 0 fully saturated rings. The van der Waals surface area contributed by atoms with Gasteiger partial charge in [-0.2, -0.15) is 0 Å². The molecular weight excluding hydrogens is 292 g/mol. The first-order chi connectivity index (χ1) is 10.1. The van der Waals surface area contributed by atoms with Gasteiger partial charge in [-0.05, 0) is 66.8 Å². The quantitative estimate of drug-likeness (QED) is 0.903. The first-order valence-corrected chi connectivity index (χ1v) is 7.43. The van der Waals surface area contributed by atoms with Crippen LogP contribution in [0.3, 0.4) is 0 Å². The van der Waals surface area contributed by atoms with Crippen molar-refractivity contribution in [1.29, 1.82) is 0 Å². The predicted octanol–water partition coefficient (Wildman–Crippen LogP) is 3.92. The van der Waals surface area contributed by atoms with E-state index in [1.807, 2.05) is 12.1 Å². The number of hydrogen-bond donors (Lipinski definition) is 1. The van der Waals surface area contributed by atoms with Crippen LogP contribution < -0.4 is 5.32 Å². The van der Waals surface area contributed by atoms with Gasteiger partial charge < -0.3 is 5.32 Å². The second-order valence-electron chi connectivity index (χ2n) is 5.50. The molecule has 1 atom stereocenters. The standard InChI is InChI=1S/C17H16ClF2N/c18-14-2-1-12-8-17(9-13(12)7-14)21-4-3-11-5-15(19)10-16(20)6-11/h1-2,5-7,10,17,21H,3-4,8-9H2. The first-order valence-electron chi connectivity index (χ1n) is 7.06. The first kappa shape index (κ1) is 14.5. The zero-order valence-corrected chi connectivity index (χ0v) is 12.3. The van der Waals surface area contributed by atoms with Gasteiger partial charge in [0, 0.05) is 17.1 Å². The Hall–Kier alpha value is -1.45. The molecule has 1 unspecified atom stereocenters. The second-order valence-corrected chi connectivity index (χ2v) is 5.94. The van der Waals surface area contributed by atoms with E-state index in [0.717, 1.165) is 23.9 Å². The Balaban J connectivity index is 1.53. The van der Waals surface area contributed by atoms with Crippen LogP contribution >= 0.6 is 11.6 Å². The third kappa shape index (κ3) is 3.60. The van der Waals surface area contributed by atoms with Crippen molar-refractivity contribution < 1.29 is 8.78 Å². The van der Waals surface area contributed by atoms with Gasteiger partial charge in [-0.1, -0.05) is 17.7 Å². The maximum atomic E-state index is 13.1. The third-order valence-corrected chi connectivity index (χ3v) is 4.11. The van der Waals surface area contributed by atoms with Crippen molar-refractivity contribution in [3.63, 3.8) is 0 Å². The molecule has 0 amide bonds. The summed E-state index contributed by atoms with van der Waals surface area (Å²) in [6.45, 7) is 0.704. The Morgan fingerprint density at radius 3 is 2.48 bits per heavy atom. The lowest BCUT2D eigenvalue weighted by molar-refractivity contribution is 0.533. The molecule has 4 heteroatoms. The number of nitrogens with one attached hydrogen (secondary N) is 1. The maximum absolute atomic E-state index is 13.1. The van der Waals surface area contributed by atoms with E-state index in [0.29, 0.717) is 24.6 Å². The zero-order chi connectivity index (χ0) is 14.8. The molecule has 21 heavy (non-hydrogen) atoms. The summed E-state index contributed by atoms with van der Waals surface area (Å²) < 4.78 is 26.2. The molecular formula is C17H16ClF2N. The molecule has 1 nitrogen and oxygen atoms in total. The van der Waals surface area contributed by atoms with Gasteiger partial charge in [0.1, 0.15) is 11.6 Å². The minimum absolute atomic E-state index is 0.372. The van der Waals surface area contributed by atoms with E-state index in [1.165, 1.54) is 23.3 Å². The largest absolute Gasteiger partial charge is 0.313 e. The smallest absolute Gasteiger partial charge is 0.126 e. The molecule has 2 aromatic rings. The maximum Gasteiger partial charge on any atom is 0.126 e. The van der Waals surface area contributed by atoms with Crippen LogP contribution in [0, 0.1) is 11.6 Å². The van der Waals surface area contributed by atoms with Crippen LogP contribution in [-0.4, -0.2) is 12.6 Å². The number of halogens is 3. The van der Waals surface area contributed by atoms with Gasteiger partial charge >= 0.3 is 0 Å². The lowest BCUT2D eigenvalue weighted by atomic mass is 10.1. The average molecular weight is 308 g/mol. The van der Waals surface area contributed by atoms with Crippen LogP contribution in [0.5, 0.6) is 0 Å². The lowest BCUT2D eigenvalue weighted by Crippen LogP contribution is -2.31. The molecule has 2 aromatic carbocycles. The highest BCUT2D eigenvalue weighted by Gasteiger charge is 2.20. The van der Waals surface area contributed by atoms with Gasteiger partial charge in [-0.15, -0.1) is 0 Å². The fourth-order valence-electron chi connectivity index (χ4n) is 2.91. The molecule has 0 heterocycles. The van der Waals surface area contributed by atoms with Crippen molar-refractivity contribution in [1.82, 2.24) is 5.32 Å². The van der Waals surface area contributed by atoms with Crippen molar-refractivity contribution in [2.75, 3.05) is 6.54 Å². The summed E-state index contributed by atoms with van der Waals surface area (Å²) in [7, 11) is 0. The molecule has 0 spiro atoms. The highest BCUT2D eigenvalue weighted by atomic mass is 35.5. The molecule has 3 rings (SSSR count). The second kappa shape index (κ2) is 6.12. The average Bonchev–Trinajstić information content (AvgIpc) is 2.79. The summed E-state index contributed by atoms with van der Waals surface area (Å²) in [4.78, 5) is 0. The van der Waals surface area contributed by atoms with Crippen LogP contribution in [0.2, 0.25) is 5.02 Å². The molecule has 0 bridgehead atoms. The van der Waals surface area contributed by atoms with E-state index in [1.54, 1.807) is 0 Å². The third-order valence-electron chi connectivity index (χ3n) is 3.87. The van der Waals surface area contributed by atoms with Crippen LogP contribution in [0.25, 0.3) is 0 Å². The Kier molecular flexibility index (Phi) is 4.22. The highest BCUT2D eigenvalue weighted by Crippen LogP contribution is 2.25. The number of benzene rings is 2. The fourth-order valence-corrected chi connectivity index (χ4v) is 3.10. The zero-order valence-electron chi connectivity index (χ0n) is 11.5. The van der Waals surface area contributed by atoms with Gasteiger partial charge in [-0.3, -0.25) is 0 Å². The van der Waals surface area contributed by atoms with E-state index >= 15 is 0 Å². The van der Waals surface area contributed by atoms with Crippen molar-refractivity contribution in [2.45, 2.75) is 25.3 Å². The van der Waals surface area contributed by atoms with Crippen molar-refractivity contribution in [3.05, 3.63) is 69.7 Å². The van der Waals surface area contributed by atoms with Crippen LogP contribution in [-0.2, 0) is 19.3 Å². The predicted molar refractivity (Wildman–Crippen MR) is 80.7 cm³/mol. The molecule has 0 aliphatic heterocycles. The minimum Gasteiger partial charge on any atom is -0.313 e. The molecule has 0 radical (unpaired) electrons. The molecule has 0 saturated carbocycles. The van der Waals surface area contributed by atoms with E-state index < -0.39 is 11.6 Å². The van der Waals surface area contributed by atoms with E-state index in [9.17, 15) is 8.78 Å². The van der Waals surface area contributed by atoms with Crippen molar-refractivity contribution >= 4 is 11.6 Å². The van der Waals surface area contributed by atoms with E-state index in [4.69, 9.17) is 11.6 Å². The summed E-state index contributed by atoms with van der Waals surface area (Å²) in [6, 6.07) is 10.0. The Labute approximate surface area is 127 Å². The number of hydrogen-bond acceptors (Lipinski definition) is 1. The summed E-state index contributed by atoms with van der Waals surface area (Å²) in [5.74, 6) is -1.04. The number of fused-ring (bicyclic) bond motifs is 1. The molecule has 1 aliphatic rings. The van der Waals surface area contributed by atoms with Crippen LogP contribution in [0.4, 0.5) is 8.78 Å². The summed E-state index contributed by atoms with van der Waals surface area (Å²) in [5.41, 5.74) is 3.30. The van der Waals surface area contributed by atoms with Crippen LogP contribution in [0.1, 0.15) is 16.7 Å². The molecule has 1 aliphatic carbocycles. The molecule has 0 saturated heterocycles. The van der Waals surface area contributed by atoms with Crippen molar-refractivity contribution in [3.8, 4) is 0 Å². The summed E-state index contributed by atoms with van der Waals surface area (Å²) in [5, 5.41) is 4.22. The normalized spacial score (nSPS) is 17.0. The van der Waals surface area contributed by atoms with E-state index in [-0.39, 0.29) is 0 Å². The van der Waals surface area contributed by atoms with Gasteiger partial charge in [0.2, 0.25) is 0 Å². The van der Waals surface area contributed by atoms with Gasteiger partial charge in [-0.25, -0.2) is 8.78 Å². The molecule has 1 N–H and O–H groups in total. The Morgan fingerprint density at radius 2 is 1.71 bits per heavy atom. The lowest BCUT2D eigenvalue weighted by Gasteiger charge is -2.11. The van der Waals surface area contributed by atoms with Gasteiger partial charge in [0.25, 0.3) is 0 Å². The Bertz CT molecular complexity index is 637. The topological polar surface area (TPSA) is 12.0 Å². The van der Waals surface area contributed by atoms with Crippen LogP contribution in [0.15, 0.2) is 36.4 Å². The fraction of sp³-hybridized carbons (Fsp3) is 0.294. The van der Waals surface area contributed by atoms with Gasteiger partial charge in [0.15, 0.2) is 0 Å². The monoisotopic (exact) mass is 307 g/mol. The number of rotatable bonds is 4. The van der Waals surface area contributed by atoms with Gasteiger partial charge in [0.05, 0.1) is 0 Å². The summed E-state index contributed by atoms with van der Waals surface area (Å²) in [6.07, 6.45) is 2.54. The molecule has 0 aromatic heterocycles. The van der Waals surface area contributed by atoms with E-state index in [2.05, 4.69) is 11.4 Å². The summed E-state index contributed by atoms with van der Waals surface area (Å²) >= 11 is 5.99. The van der Waals surface area contributed by atoms with Crippen molar-refractivity contribution in [2.24, 2.45) is 0 Å². The minimum atomic E-state index is -0.520.